The zero-order valence-corrected chi connectivity index (χ0v) is 12.4. The first kappa shape index (κ1) is 14.4. The Morgan fingerprint density at radius 1 is 1.32 bits per heavy atom. The molecule has 2 atom stereocenters. The molecule has 2 unspecified atom stereocenters. The molecule has 1 heterocycles. The van der Waals surface area contributed by atoms with Crippen LogP contribution in [-0.4, -0.2) is 38.7 Å². The largest absolute Gasteiger partial charge is 0.497 e. The van der Waals surface area contributed by atoms with Gasteiger partial charge in [-0.05, 0) is 63.1 Å². The van der Waals surface area contributed by atoms with E-state index in [1.54, 1.807) is 7.11 Å². The first-order valence-electron chi connectivity index (χ1n) is 7.32. The average molecular weight is 262 g/mol. The summed E-state index contributed by atoms with van der Waals surface area (Å²) in [5.41, 5.74) is 1.42. The quantitative estimate of drug-likeness (QED) is 0.853. The topological polar surface area (TPSA) is 24.5 Å². The van der Waals surface area contributed by atoms with Crippen LogP contribution >= 0.6 is 0 Å². The highest BCUT2D eigenvalue weighted by Gasteiger charge is 2.33. The fourth-order valence-corrected chi connectivity index (χ4v) is 3.22. The fourth-order valence-electron chi connectivity index (χ4n) is 3.22. The second-order valence-electron chi connectivity index (χ2n) is 5.36. The Kier molecular flexibility index (Phi) is 5.23. The van der Waals surface area contributed by atoms with E-state index in [1.165, 1.54) is 31.5 Å². The fraction of sp³-hybridized carbons (Fsp3) is 0.625. The Bertz CT molecular complexity index is 363. The summed E-state index contributed by atoms with van der Waals surface area (Å²) in [4.78, 5) is 2.63. The lowest BCUT2D eigenvalue weighted by atomic mass is 9.93. The maximum Gasteiger partial charge on any atom is 0.118 e. The number of nitrogens with one attached hydrogen (secondary N) is 1. The van der Waals surface area contributed by atoms with Gasteiger partial charge in [0.2, 0.25) is 0 Å². The van der Waals surface area contributed by atoms with Crippen LogP contribution in [0.25, 0.3) is 0 Å². The van der Waals surface area contributed by atoms with Crippen LogP contribution in [0.2, 0.25) is 0 Å². The van der Waals surface area contributed by atoms with Gasteiger partial charge in [0, 0.05) is 6.04 Å². The number of rotatable bonds is 6. The van der Waals surface area contributed by atoms with Crippen LogP contribution in [0.4, 0.5) is 0 Å². The molecule has 106 valence electrons. The Labute approximate surface area is 116 Å². The first-order chi connectivity index (χ1) is 9.30. The normalized spacial score (nSPS) is 23.7. The van der Waals surface area contributed by atoms with Gasteiger partial charge < -0.3 is 10.1 Å². The minimum absolute atomic E-state index is 0.554. The second-order valence-corrected chi connectivity index (χ2v) is 5.36. The highest BCUT2D eigenvalue weighted by atomic mass is 16.5. The molecule has 0 saturated carbocycles. The lowest BCUT2D eigenvalue weighted by molar-refractivity contribution is 0.227. The summed E-state index contributed by atoms with van der Waals surface area (Å²) < 4.78 is 5.25. The highest BCUT2D eigenvalue weighted by molar-refractivity contribution is 5.30. The van der Waals surface area contributed by atoms with E-state index in [4.69, 9.17) is 4.74 Å². The Morgan fingerprint density at radius 2 is 2.05 bits per heavy atom. The molecule has 1 aliphatic rings. The molecule has 1 aliphatic heterocycles. The third-order valence-electron chi connectivity index (χ3n) is 4.06. The van der Waals surface area contributed by atoms with Crippen LogP contribution in [0.3, 0.4) is 0 Å². The van der Waals surface area contributed by atoms with Crippen molar-refractivity contribution in [2.45, 2.75) is 25.8 Å². The van der Waals surface area contributed by atoms with E-state index in [0.717, 1.165) is 12.3 Å². The predicted molar refractivity (Wildman–Crippen MR) is 79.6 cm³/mol. The van der Waals surface area contributed by atoms with Crippen LogP contribution in [0.5, 0.6) is 5.75 Å². The van der Waals surface area contributed by atoms with E-state index in [9.17, 15) is 0 Å². The summed E-state index contributed by atoms with van der Waals surface area (Å²) in [5.74, 6) is 1.65. The number of hydrogen-bond acceptors (Lipinski definition) is 3. The van der Waals surface area contributed by atoms with Crippen molar-refractivity contribution in [2.24, 2.45) is 5.92 Å². The maximum atomic E-state index is 5.25. The van der Waals surface area contributed by atoms with Crippen molar-refractivity contribution in [2.75, 3.05) is 33.8 Å². The molecular formula is C16H26N2O. The monoisotopic (exact) mass is 262 g/mol. The lowest BCUT2D eigenvalue weighted by Gasteiger charge is -2.28. The molecule has 0 radical (unpaired) electrons. The molecule has 1 fully saturated rings. The van der Waals surface area contributed by atoms with Crippen molar-refractivity contribution < 1.29 is 4.74 Å². The third kappa shape index (κ3) is 3.28. The summed E-state index contributed by atoms with van der Waals surface area (Å²) in [6.45, 7) is 5.77. The summed E-state index contributed by atoms with van der Waals surface area (Å²) in [6.07, 6.45) is 2.51. The van der Waals surface area contributed by atoms with Crippen molar-refractivity contribution in [3.8, 4) is 5.75 Å². The van der Waals surface area contributed by atoms with Gasteiger partial charge >= 0.3 is 0 Å². The van der Waals surface area contributed by atoms with Crippen LogP contribution in [-0.2, 0) is 0 Å². The minimum Gasteiger partial charge on any atom is -0.497 e. The molecule has 1 saturated heterocycles. The maximum absolute atomic E-state index is 5.25. The molecule has 0 aromatic heterocycles. The molecular weight excluding hydrogens is 236 g/mol. The highest BCUT2D eigenvalue weighted by Crippen LogP contribution is 2.37. The van der Waals surface area contributed by atoms with Crippen molar-refractivity contribution in [1.82, 2.24) is 10.2 Å². The van der Waals surface area contributed by atoms with Gasteiger partial charge in [0.25, 0.3) is 0 Å². The van der Waals surface area contributed by atoms with Crippen LogP contribution in [0, 0.1) is 5.92 Å². The number of likely N-dealkylation sites (tertiary alicyclic amines) is 1. The van der Waals surface area contributed by atoms with E-state index >= 15 is 0 Å². The van der Waals surface area contributed by atoms with E-state index in [2.05, 4.69) is 41.4 Å². The van der Waals surface area contributed by atoms with Crippen molar-refractivity contribution in [3.05, 3.63) is 29.8 Å². The van der Waals surface area contributed by atoms with Gasteiger partial charge in [0.1, 0.15) is 5.75 Å². The Hall–Kier alpha value is -1.06. The molecule has 1 aromatic carbocycles. The molecule has 0 bridgehead atoms. The van der Waals surface area contributed by atoms with Crippen LogP contribution in [0.15, 0.2) is 24.3 Å². The van der Waals surface area contributed by atoms with Crippen LogP contribution < -0.4 is 10.1 Å². The summed E-state index contributed by atoms with van der Waals surface area (Å²) in [7, 11) is 3.77. The third-order valence-corrected chi connectivity index (χ3v) is 4.06. The van der Waals surface area contributed by atoms with E-state index < -0.39 is 0 Å². The standard InChI is InChI=1S/C16H26N2O/c1-4-10-18-11-9-14(12-17-2)16(18)13-5-7-15(19-3)8-6-13/h5-8,14,16-17H,4,9-12H2,1-3H3. The van der Waals surface area contributed by atoms with E-state index in [1.807, 2.05) is 7.05 Å². The zero-order valence-electron chi connectivity index (χ0n) is 12.4. The van der Waals surface area contributed by atoms with Gasteiger partial charge in [0.15, 0.2) is 0 Å². The molecule has 1 N–H and O–H groups in total. The number of ether oxygens (including phenoxy) is 1. The van der Waals surface area contributed by atoms with Gasteiger partial charge in [-0.15, -0.1) is 0 Å². The first-order valence-corrected chi connectivity index (χ1v) is 7.32. The number of nitrogens with zero attached hydrogens (tertiary/aromatic N) is 1. The summed E-state index contributed by atoms with van der Waals surface area (Å²) >= 11 is 0. The summed E-state index contributed by atoms with van der Waals surface area (Å²) in [5, 5.41) is 3.34. The molecule has 3 heteroatoms. The molecule has 19 heavy (non-hydrogen) atoms. The van der Waals surface area contributed by atoms with Crippen molar-refractivity contribution >= 4 is 0 Å². The van der Waals surface area contributed by atoms with Gasteiger partial charge in [-0.3, -0.25) is 4.90 Å². The van der Waals surface area contributed by atoms with E-state index in [-0.39, 0.29) is 0 Å². The minimum atomic E-state index is 0.554. The SMILES string of the molecule is CCCN1CCC(CNC)C1c1ccc(OC)cc1. The molecule has 2 rings (SSSR count). The van der Waals surface area contributed by atoms with Crippen molar-refractivity contribution in [1.29, 1.82) is 0 Å². The van der Waals surface area contributed by atoms with Gasteiger partial charge in [0.05, 0.1) is 7.11 Å². The second kappa shape index (κ2) is 6.92. The number of hydrogen-bond donors (Lipinski definition) is 1. The van der Waals surface area contributed by atoms with Crippen LogP contribution in [0.1, 0.15) is 31.4 Å². The van der Waals surface area contributed by atoms with Gasteiger partial charge in [-0.1, -0.05) is 19.1 Å². The lowest BCUT2D eigenvalue weighted by Crippen LogP contribution is -2.29. The Morgan fingerprint density at radius 3 is 2.63 bits per heavy atom. The molecule has 0 amide bonds. The molecule has 3 nitrogen and oxygen atoms in total. The van der Waals surface area contributed by atoms with Gasteiger partial charge in [-0.25, -0.2) is 0 Å². The van der Waals surface area contributed by atoms with Crippen molar-refractivity contribution in [3.63, 3.8) is 0 Å². The van der Waals surface area contributed by atoms with Gasteiger partial charge in [-0.2, -0.15) is 0 Å². The molecule has 1 aromatic rings. The molecule has 0 spiro atoms. The van der Waals surface area contributed by atoms with E-state index in [0.29, 0.717) is 12.0 Å². The number of methoxy groups -OCH3 is 1. The summed E-state index contributed by atoms with van der Waals surface area (Å²) in [6, 6.07) is 9.15. The average Bonchev–Trinajstić information content (AvgIpc) is 2.83. The smallest absolute Gasteiger partial charge is 0.118 e. The number of benzene rings is 1. The predicted octanol–water partition coefficient (Wildman–Crippen LogP) is 2.69. The Balaban J connectivity index is 2.18. The molecule has 0 aliphatic carbocycles. The zero-order chi connectivity index (χ0) is 13.7.